The smallest absolute Gasteiger partial charge is 0.240 e. The number of nitrogens with zero attached hydrogens (tertiary/aromatic N) is 1. The molecule has 0 radical (unpaired) electrons. The molecule has 16 heavy (non-hydrogen) atoms. The minimum atomic E-state index is -0.843. The molecule has 1 unspecified atom stereocenters. The summed E-state index contributed by atoms with van der Waals surface area (Å²) >= 11 is 0. The molecule has 1 fully saturated rings. The highest BCUT2D eigenvalue weighted by molar-refractivity contribution is 5.84. The van der Waals surface area contributed by atoms with Crippen LogP contribution in [0.5, 0.6) is 0 Å². The Kier molecular flexibility index (Phi) is 4.29. The summed E-state index contributed by atoms with van der Waals surface area (Å²) in [6, 6.07) is 0.0702. The van der Waals surface area contributed by atoms with E-state index >= 15 is 0 Å². The number of amides is 1. The van der Waals surface area contributed by atoms with Crippen LogP contribution < -0.4 is 5.32 Å². The van der Waals surface area contributed by atoms with Crippen molar-refractivity contribution in [1.82, 2.24) is 10.2 Å². The van der Waals surface area contributed by atoms with Gasteiger partial charge in [-0.1, -0.05) is 13.8 Å². The van der Waals surface area contributed by atoms with Crippen molar-refractivity contribution in [3.8, 4) is 0 Å². The Bertz CT molecular complexity index is 252. The van der Waals surface area contributed by atoms with Gasteiger partial charge in [-0.3, -0.25) is 4.79 Å². The Hall–Kier alpha value is -0.650. The molecule has 5 nitrogen and oxygen atoms in total. The summed E-state index contributed by atoms with van der Waals surface area (Å²) in [5, 5.41) is 21.7. The maximum absolute atomic E-state index is 12.0. The van der Waals surface area contributed by atoms with Gasteiger partial charge in [-0.05, 0) is 13.3 Å². The topological polar surface area (TPSA) is 72.8 Å². The first-order valence-electron chi connectivity index (χ1n) is 5.74. The van der Waals surface area contributed by atoms with Gasteiger partial charge < -0.3 is 20.4 Å². The molecule has 1 aliphatic rings. The first-order valence-corrected chi connectivity index (χ1v) is 5.74. The van der Waals surface area contributed by atoms with Crippen molar-refractivity contribution < 1.29 is 15.0 Å². The van der Waals surface area contributed by atoms with E-state index in [0.717, 1.165) is 6.42 Å². The lowest BCUT2D eigenvalue weighted by Gasteiger charge is -2.36. The normalized spacial score (nSPS) is 22.2. The predicted octanol–water partition coefficient (Wildman–Crippen LogP) is -0.671. The zero-order valence-corrected chi connectivity index (χ0v) is 10.2. The van der Waals surface area contributed by atoms with Crippen LogP contribution >= 0.6 is 0 Å². The van der Waals surface area contributed by atoms with Crippen molar-refractivity contribution >= 4 is 5.91 Å². The van der Waals surface area contributed by atoms with E-state index in [-0.39, 0.29) is 31.2 Å². The van der Waals surface area contributed by atoms with E-state index in [9.17, 15) is 15.0 Å². The second kappa shape index (κ2) is 5.12. The van der Waals surface area contributed by atoms with Gasteiger partial charge in [0.2, 0.25) is 5.91 Å². The first-order chi connectivity index (χ1) is 7.44. The van der Waals surface area contributed by atoms with Crippen molar-refractivity contribution in [2.24, 2.45) is 0 Å². The summed E-state index contributed by atoms with van der Waals surface area (Å²) in [6.45, 7) is 5.83. The van der Waals surface area contributed by atoms with Crippen molar-refractivity contribution in [3.63, 3.8) is 0 Å². The maximum atomic E-state index is 12.0. The first kappa shape index (κ1) is 13.4. The summed E-state index contributed by atoms with van der Waals surface area (Å²) in [5.74, 6) is -0.0284. The van der Waals surface area contributed by atoms with E-state index in [2.05, 4.69) is 5.32 Å². The van der Waals surface area contributed by atoms with Crippen LogP contribution in [0, 0.1) is 0 Å². The third kappa shape index (κ3) is 2.53. The SMILES string of the molecule is CC(C)NC1CCN(C(C)(CO)CO)C1=O. The highest BCUT2D eigenvalue weighted by Gasteiger charge is 2.41. The van der Waals surface area contributed by atoms with Gasteiger partial charge in [0.05, 0.1) is 24.8 Å². The molecule has 3 N–H and O–H groups in total. The minimum absolute atomic E-state index is 0.0284. The van der Waals surface area contributed by atoms with Gasteiger partial charge in [-0.25, -0.2) is 0 Å². The monoisotopic (exact) mass is 230 g/mol. The highest BCUT2D eigenvalue weighted by Crippen LogP contribution is 2.22. The predicted molar refractivity (Wildman–Crippen MR) is 61.0 cm³/mol. The second-order valence-corrected chi connectivity index (χ2v) is 4.97. The molecule has 1 rings (SSSR count). The Morgan fingerprint density at radius 2 is 2.06 bits per heavy atom. The Morgan fingerprint density at radius 3 is 2.50 bits per heavy atom. The Balaban J connectivity index is 2.70. The zero-order valence-electron chi connectivity index (χ0n) is 10.2. The molecule has 94 valence electrons. The number of hydrogen-bond donors (Lipinski definition) is 3. The fourth-order valence-electron chi connectivity index (χ4n) is 1.99. The lowest BCUT2D eigenvalue weighted by atomic mass is 10.0. The summed E-state index contributed by atoms with van der Waals surface area (Å²) < 4.78 is 0. The molecule has 5 heteroatoms. The number of rotatable bonds is 5. The van der Waals surface area contributed by atoms with Crippen molar-refractivity contribution in [2.75, 3.05) is 19.8 Å². The van der Waals surface area contributed by atoms with Gasteiger partial charge in [-0.15, -0.1) is 0 Å². The second-order valence-electron chi connectivity index (χ2n) is 4.97. The minimum Gasteiger partial charge on any atom is -0.394 e. The van der Waals surface area contributed by atoms with Crippen LogP contribution in [-0.2, 0) is 4.79 Å². The zero-order chi connectivity index (χ0) is 12.3. The molecular formula is C11H22N2O3. The van der Waals surface area contributed by atoms with E-state index in [4.69, 9.17) is 0 Å². The number of nitrogens with one attached hydrogen (secondary N) is 1. The highest BCUT2D eigenvalue weighted by atomic mass is 16.3. The quantitative estimate of drug-likeness (QED) is 0.585. The van der Waals surface area contributed by atoms with Crippen LogP contribution in [0.3, 0.4) is 0 Å². The van der Waals surface area contributed by atoms with Crippen molar-refractivity contribution in [3.05, 3.63) is 0 Å². The molecule has 1 atom stereocenters. The molecule has 0 bridgehead atoms. The fourth-order valence-corrected chi connectivity index (χ4v) is 1.99. The summed E-state index contributed by atoms with van der Waals surface area (Å²) in [7, 11) is 0. The van der Waals surface area contributed by atoms with Crippen LogP contribution in [0.1, 0.15) is 27.2 Å². The largest absolute Gasteiger partial charge is 0.394 e. The number of carbonyl (C=O) groups excluding carboxylic acids is 1. The molecule has 0 saturated carbocycles. The van der Waals surface area contributed by atoms with Gasteiger partial charge >= 0.3 is 0 Å². The van der Waals surface area contributed by atoms with E-state index in [1.807, 2.05) is 13.8 Å². The van der Waals surface area contributed by atoms with Crippen LogP contribution in [0.15, 0.2) is 0 Å². The number of aliphatic hydroxyl groups excluding tert-OH is 2. The maximum Gasteiger partial charge on any atom is 0.240 e. The van der Waals surface area contributed by atoms with Crippen LogP contribution in [-0.4, -0.2) is 58.4 Å². The molecule has 1 amide bonds. The number of hydrogen-bond acceptors (Lipinski definition) is 4. The van der Waals surface area contributed by atoms with Crippen molar-refractivity contribution in [1.29, 1.82) is 0 Å². The van der Waals surface area contributed by atoms with Gasteiger partial charge in [0.25, 0.3) is 0 Å². The average Bonchev–Trinajstić information content (AvgIpc) is 2.59. The standard InChI is InChI=1S/C11H22N2O3/c1-8(2)12-9-4-5-13(10(9)16)11(3,6-14)7-15/h8-9,12,14-15H,4-7H2,1-3H3. The molecule has 1 heterocycles. The van der Waals surface area contributed by atoms with E-state index in [1.54, 1.807) is 11.8 Å². The summed E-state index contributed by atoms with van der Waals surface area (Å²) in [4.78, 5) is 13.6. The lowest BCUT2D eigenvalue weighted by molar-refractivity contribution is -0.138. The van der Waals surface area contributed by atoms with Gasteiger partial charge in [0.1, 0.15) is 0 Å². The van der Waals surface area contributed by atoms with E-state index in [0.29, 0.717) is 6.54 Å². The molecular weight excluding hydrogens is 208 g/mol. The molecule has 0 aromatic carbocycles. The van der Waals surface area contributed by atoms with Crippen LogP contribution in [0.4, 0.5) is 0 Å². The van der Waals surface area contributed by atoms with E-state index < -0.39 is 5.54 Å². The van der Waals surface area contributed by atoms with E-state index in [1.165, 1.54) is 0 Å². The number of carbonyl (C=O) groups is 1. The third-order valence-electron chi connectivity index (χ3n) is 3.07. The molecule has 0 aromatic heterocycles. The molecule has 0 spiro atoms. The Labute approximate surface area is 96.4 Å². The molecule has 0 aromatic rings. The van der Waals surface area contributed by atoms with Crippen LogP contribution in [0.2, 0.25) is 0 Å². The number of aliphatic hydroxyl groups is 2. The van der Waals surface area contributed by atoms with Gasteiger partial charge in [-0.2, -0.15) is 0 Å². The van der Waals surface area contributed by atoms with Crippen LogP contribution in [0.25, 0.3) is 0 Å². The lowest BCUT2D eigenvalue weighted by Crippen LogP contribution is -2.55. The Morgan fingerprint density at radius 1 is 1.50 bits per heavy atom. The van der Waals surface area contributed by atoms with Gasteiger partial charge in [0.15, 0.2) is 0 Å². The third-order valence-corrected chi connectivity index (χ3v) is 3.07. The summed E-state index contributed by atoms with van der Waals surface area (Å²) in [5.41, 5.74) is -0.843. The van der Waals surface area contributed by atoms with Gasteiger partial charge in [0, 0.05) is 12.6 Å². The average molecular weight is 230 g/mol. The fraction of sp³-hybridized carbons (Fsp3) is 0.909. The number of likely N-dealkylation sites (tertiary alicyclic amines) is 1. The molecule has 0 aliphatic carbocycles. The van der Waals surface area contributed by atoms with Crippen molar-refractivity contribution in [2.45, 2.75) is 44.8 Å². The summed E-state index contributed by atoms with van der Waals surface area (Å²) in [6.07, 6.45) is 0.729. The molecule has 1 saturated heterocycles. The molecule has 1 aliphatic heterocycles.